The van der Waals surface area contributed by atoms with Crippen molar-refractivity contribution in [2.45, 2.75) is 12.5 Å². The van der Waals surface area contributed by atoms with Gasteiger partial charge in [0.05, 0.1) is 20.8 Å². The molecule has 19 heavy (non-hydrogen) atoms. The normalized spacial score (nSPS) is 18.5. The summed E-state index contributed by atoms with van der Waals surface area (Å²) in [6.07, 6.45) is 0.415. The zero-order valence-electron chi connectivity index (χ0n) is 10.9. The van der Waals surface area contributed by atoms with Crippen LogP contribution >= 0.6 is 0 Å². The minimum atomic E-state index is -0.542. The van der Waals surface area contributed by atoms with Crippen molar-refractivity contribution in [1.82, 2.24) is 10.6 Å². The number of hydrogen-bond donors (Lipinski definition) is 2. The molecule has 1 saturated heterocycles. The van der Waals surface area contributed by atoms with E-state index in [1.54, 1.807) is 26.4 Å². The molecule has 1 atom stereocenters. The van der Waals surface area contributed by atoms with E-state index in [2.05, 4.69) is 10.6 Å². The second-order valence-electron chi connectivity index (χ2n) is 4.23. The number of nitrogens with one attached hydrogen (secondary N) is 2. The summed E-state index contributed by atoms with van der Waals surface area (Å²) in [7, 11) is 3.11. The fourth-order valence-electron chi connectivity index (χ4n) is 1.99. The summed E-state index contributed by atoms with van der Waals surface area (Å²) in [6.45, 7) is 0.0429. The molecule has 1 aliphatic rings. The third kappa shape index (κ3) is 2.96. The van der Waals surface area contributed by atoms with Crippen LogP contribution in [-0.4, -0.2) is 38.6 Å². The van der Waals surface area contributed by atoms with Gasteiger partial charge in [0.2, 0.25) is 11.8 Å². The SMILES string of the molecule is COc1ccc(C[C@@H]2NC(=O)CNC2=O)cc1OC. The first-order valence-electron chi connectivity index (χ1n) is 5.92. The van der Waals surface area contributed by atoms with Gasteiger partial charge < -0.3 is 20.1 Å². The Morgan fingerprint density at radius 2 is 1.95 bits per heavy atom. The molecule has 1 fully saturated rings. The van der Waals surface area contributed by atoms with E-state index >= 15 is 0 Å². The number of ether oxygens (including phenoxy) is 2. The van der Waals surface area contributed by atoms with Gasteiger partial charge in [0.25, 0.3) is 0 Å². The zero-order valence-corrected chi connectivity index (χ0v) is 10.9. The number of piperazine rings is 1. The zero-order chi connectivity index (χ0) is 13.8. The molecule has 1 heterocycles. The van der Waals surface area contributed by atoms with Gasteiger partial charge >= 0.3 is 0 Å². The third-order valence-corrected chi connectivity index (χ3v) is 2.96. The van der Waals surface area contributed by atoms with Crippen LogP contribution in [-0.2, 0) is 16.0 Å². The van der Waals surface area contributed by atoms with Crippen LogP contribution in [0.2, 0.25) is 0 Å². The molecule has 1 aliphatic heterocycles. The summed E-state index contributed by atoms with van der Waals surface area (Å²) in [5.41, 5.74) is 0.889. The van der Waals surface area contributed by atoms with Crippen molar-refractivity contribution in [3.63, 3.8) is 0 Å². The Morgan fingerprint density at radius 1 is 1.21 bits per heavy atom. The van der Waals surface area contributed by atoms with Crippen molar-refractivity contribution in [2.24, 2.45) is 0 Å². The average molecular weight is 264 g/mol. The molecular weight excluding hydrogens is 248 g/mol. The topological polar surface area (TPSA) is 76.7 Å². The van der Waals surface area contributed by atoms with E-state index in [0.717, 1.165) is 5.56 Å². The minimum absolute atomic E-state index is 0.0429. The monoisotopic (exact) mass is 264 g/mol. The molecule has 0 radical (unpaired) electrons. The summed E-state index contributed by atoms with van der Waals surface area (Å²) in [4.78, 5) is 22.9. The highest BCUT2D eigenvalue weighted by molar-refractivity contribution is 5.94. The predicted molar refractivity (Wildman–Crippen MR) is 68.2 cm³/mol. The molecule has 2 rings (SSSR count). The van der Waals surface area contributed by atoms with E-state index in [4.69, 9.17) is 9.47 Å². The standard InChI is InChI=1S/C13H16N2O4/c1-18-10-4-3-8(6-11(10)19-2)5-9-13(17)14-7-12(16)15-9/h3-4,6,9H,5,7H2,1-2H3,(H,14,17)(H,15,16)/t9-/m0/s1. The maximum Gasteiger partial charge on any atom is 0.243 e. The Kier molecular flexibility index (Phi) is 3.89. The summed E-state index contributed by atoms with van der Waals surface area (Å²) >= 11 is 0. The van der Waals surface area contributed by atoms with Crippen LogP contribution in [0.4, 0.5) is 0 Å². The lowest BCUT2D eigenvalue weighted by molar-refractivity contribution is -0.133. The number of carbonyl (C=O) groups excluding carboxylic acids is 2. The Morgan fingerprint density at radius 3 is 2.63 bits per heavy atom. The molecule has 6 heteroatoms. The molecule has 1 aromatic carbocycles. The molecule has 2 amide bonds. The highest BCUT2D eigenvalue weighted by Crippen LogP contribution is 2.28. The summed E-state index contributed by atoms with van der Waals surface area (Å²) in [5, 5.41) is 5.20. The van der Waals surface area contributed by atoms with Crippen molar-refractivity contribution in [3.05, 3.63) is 23.8 Å². The number of carbonyl (C=O) groups is 2. The van der Waals surface area contributed by atoms with E-state index < -0.39 is 6.04 Å². The first-order chi connectivity index (χ1) is 9.13. The van der Waals surface area contributed by atoms with Crippen molar-refractivity contribution in [2.75, 3.05) is 20.8 Å². The van der Waals surface area contributed by atoms with Crippen LogP contribution in [0.25, 0.3) is 0 Å². The van der Waals surface area contributed by atoms with Crippen molar-refractivity contribution < 1.29 is 19.1 Å². The fourth-order valence-corrected chi connectivity index (χ4v) is 1.99. The molecule has 0 bridgehead atoms. The van der Waals surface area contributed by atoms with E-state index in [9.17, 15) is 9.59 Å². The van der Waals surface area contributed by atoms with Crippen LogP contribution in [0.5, 0.6) is 11.5 Å². The average Bonchev–Trinajstić information content (AvgIpc) is 2.42. The Bertz CT molecular complexity index is 501. The second-order valence-corrected chi connectivity index (χ2v) is 4.23. The number of amides is 2. The smallest absolute Gasteiger partial charge is 0.243 e. The maximum absolute atomic E-state index is 11.6. The van der Waals surface area contributed by atoms with E-state index in [0.29, 0.717) is 17.9 Å². The summed E-state index contributed by atoms with van der Waals surface area (Å²) in [6, 6.07) is 4.87. The molecular formula is C13H16N2O4. The maximum atomic E-state index is 11.6. The largest absolute Gasteiger partial charge is 0.493 e. The van der Waals surface area contributed by atoms with Gasteiger partial charge in [0.1, 0.15) is 6.04 Å². The second kappa shape index (κ2) is 5.60. The van der Waals surface area contributed by atoms with E-state index in [1.165, 1.54) is 0 Å². The van der Waals surface area contributed by atoms with Gasteiger partial charge in [-0.25, -0.2) is 0 Å². The van der Waals surface area contributed by atoms with Crippen LogP contribution in [0, 0.1) is 0 Å². The number of methoxy groups -OCH3 is 2. The van der Waals surface area contributed by atoms with Crippen LogP contribution in [0.3, 0.4) is 0 Å². The van der Waals surface area contributed by atoms with Gasteiger partial charge in [-0.3, -0.25) is 9.59 Å². The Labute approximate surface area is 111 Å². The third-order valence-electron chi connectivity index (χ3n) is 2.96. The first-order valence-corrected chi connectivity index (χ1v) is 5.92. The van der Waals surface area contributed by atoms with Gasteiger partial charge in [-0.05, 0) is 17.7 Å². The van der Waals surface area contributed by atoms with Gasteiger partial charge in [0.15, 0.2) is 11.5 Å². The van der Waals surface area contributed by atoms with Crippen molar-refractivity contribution in [3.8, 4) is 11.5 Å². The van der Waals surface area contributed by atoms with Gasteiger partial charge in [0, 0.05) is 6.42 Å². The molecule has 6 nitrogen and oxygen atoms in total. The van der Waals surface area contributed by atoms with Crippen LogP contribution in [0.1, 0.15) is 5.56 Å². The predicted octanol–water partition coefficient (Wildman–Crippen LogP) is -0.139. The van der Waals surface area contributed by atoms with Gasteiger partial charge in [-0.2, -0.15) is 0 Å². The summed E-state index contributed by atoms with van der Waals surface area (Å²) in [5.74, 6) is 0.880. The lowest BCUT2D eigenvalue weighted by atomic mass is 10.0. The number of benzene rings is 1. The minimum Gasteiger partial charge on any atom is -0.493 e. The molecule has 1 aromatic rings. The van der Waals surface area contributed by atoms with Crippen LogP contribution in [0.15, 0.2) is 18.2 Å². The quantitative estimate of drug-likeness (QED) is 0.793. The van der Waals surface area contributed by atoms with E-state index in [1.807, 2.05) is 6.07 Å². The number of rotatable bonds is 4. The highest BCUT2D eigenvalue weighted by atomic mass is 16.5. The molecule has 0 aliphatic carbocycles. The molecule has 2 N–H and O–H groups in total. The van der Waals surface area contributed by atoms with Crippen molar-refractivity contribution >= 4 is 11.8 Å². The molecule has 102 valence electrons. The molecule has 0 spiro atoms. The van der Waals surface area contributed by atoms with Crippen LogP contribution < -0.4 is 20.1 Å². The molecule has 0 aromatic heterocycles. The van der Waals surface area contributed by atoms with Crippen molar-refractivity contribution in [1.29, 1.82) is 0 Å². The molecule has 0 unspecified atom stereocenters. The van der Waals surface area contributed by atoms with Gasteiger partial charge in [-0.1, -0.05) is 6.07 Å². The lowest BCUT2D eigenvalue weighted by Gasteiger charge is -2.23. The first kappa shape index (κ1) is 13.2. The van der Waals surface area contributed by atoms with Gasteiger partial charge in [-0.15, -0.1) is 0 Å². The Balaban J connectivity index is 2.14. The highest BCUT2D eigenvalue weighted by Gasteiger charge is 2.26. The summed E-state index contributed by atoms with van der Waals surface area (Å²) < 4.78 is 10.3. The lowest BCUT2D eigenvalue weighted by Crippen LogP contribution is -2.56. The number of hydrogen-bond acceptors (Lipinski definition) is 4. The van der Waals surface area contributed by atoms with E-state index in [-0.39, 0.29) is 18.4 Å². The molecule has 0 saturated carbocycles. The fraction of sp³-hybridized carbons (Fsp3) is 0.385. The Hall–Kier alpha value is -2.24.